The van der Waals surface area contributed by atoms with Crippen molar-refractivity contribution in [3.05, 3.63) is 120 Å². The molecule has 0 fully saturated rings. The number of ether oxygens (including phenoxy) is 2. The van der Waals surface area contributed by atoms with Gasteiger partial charge in [0.15, 0.2) is 5.71 Å². The van der Waals surface area contributed by atoms with Crippen molar-refractivity contribution >= 4 is 75.0 Å². The molecule has 2 aliphatic rings. The maximum absolute atomic E-state index is 11.5. The summed E-state index contributed by atoms with van der Waals surface area (Å²) >= 11 is 0. The molecule has 0 aromatic heterocycles. The smallest absolute Gasteiger partial charge is 0.748 e. The largest absolute Gasteiger partial charge is 1.00 e. The number of rotatable bonds is 27. The summed E-state index contributed by atoms with van der Waals surface area (Å²) in [5, 5.41) is 12.9. The second kappa shape index (κ2) is 27.1. The van der Waals surface area contributed by atoms with Gasteiger partial charge in [-0.25, -0.2) is 25.3 Å². The third-order valence-electron chi connectivity index (χ3n) is 13.0. The van der Waals surface area contributed by atoms with Crippen LogP contribution >= 0.6 is 0 Å². The molecule has 0 amide bonds. The fourth-order valence-electron chi connectivity index (χ4n) is 9.69. The van der Waals surface area contributed by atoms with E-state index < -0.39 is 64.4 Å². The minimum absolute atomic E-state index is 0. The summed E-state index contributed by atoms with van der Waals surface area (Å²) in [5.41, 5.74) is 5.00. The minimum Gasteiger partial charge on any atom is -0.748 e. The number of fused-ring (bicyclic) bond motifs is 6. The van der Waals surface area contributed by atoms with Crippen LogP contribution in [0, 0.1) is 0 Å². The van der Waals surface area contributed by atoms with Crippen molar-refractivity contribution in [2.75, 3.05) is 48.5 Å². The van der Waals surface area contributed by atoms with Gasteiger partial charge in [0.05, 0.1) is 49.0 Å². The van der Waals surface area contributed by atoms with Crippen molar-refractivity contribution in [2.24, 2.45) is 0 Å². The molecule has 0 bridgehead atoms. The number of hydrogen-bond acceptors (Lipinski definition) is 13. The van der Waals surface area contributed by atoms with Gasteiger partial charge in [-0.1, -0.05) is 62.4 Å². The Morgan fingerprint density at radius 1 is 0.616 bits per heavy atom. The first kappa shape index (κ1) is 62.2. The van der Waals surface area contributed by atoms with Crippen molar-refractivity contribution in [3.8, 4) is 11.5 Å². The number of anilines is 1. The van der Waals surface area contributed by atoms with Crippen LogP contribution in [-0.2, 0) is 46.0 Å². The van der Waals surface area contributed by atoms with Crippen molar-refractivity contribution in [1.82, 2.24) is 0 Å². The van der Waals surface area contributed by atoms with Crippen molar-refractivity contribution in [2.45, 2.75) is 103 Å². The fraction of sp³-hybridized carbons (Fsp3) is 0.434. The third kappa shape index (κ3) is 17.3. The molecule has 6 rings (SSSR count). The number of benzene rings is 4. The van der Waals surface area contributed by atoms with E-state index in [4.69, 9.17) is 14.6 Å². The third-order valence-corrected chi connectivity index (χ3v) is 15.4. The van der Waals surface area contributed by atoms with Crippen LogP contribution in [0.4, 0.5) is 11.4 Å². The van der Waals surface area contributed by atoms with Gasteiger partial charge in [-0.2, -0.15) is 4.58 Å². The molecule has 4 aromatic carbocycles. The molecule has 73 heavy (non-hydrogen) atoms. The van der Waals surface area contributed by atoms with Gasteiger partial charge in [0.2, 0.25) is 5.69 Å². The molecule has 2 aliphatic heterocycles. The van der Waals surface area contributed by atoms with Gasteiger partial charge in [0.25, 0.3) is 0 Å². The predicted octanol–water partition coefficient (Wildman–Crippen LogP) is 3.11. The Morgan fingerprint density at radius 2 is 1.12 bits per heavy atom. The molecule has 15 nitrogen and oxygen atoms in total. The van der Waals surface area contributed by atoms with Crippen LogP contribution in [0.5, 0.6) is 11.5 Å². The average molecular weight is 1080 g/mol. The van der Waals surface area contributed by atoms with E-state index in [1.165, 1.54) is 0 Å². The van der Waals surface area contributed by atoms with E-state index in [0.717, 1.165) is 68.3 Å². The number of carbonyl (C=O) groups is 1. The minimum atomic E-state index is -4.37. The Kier molecular flexibility index (Phi) is 23.1. The molecule has 0 spiro atoms. The van der Waals surface area contributed by atoms with Crippen LogP contribution in [0.1, 0.15) is 103 Å². The zero-order valence-electron chi connectivity index (χ0n) is 42.8. The monoisotopic (exact) mass is 1080 g/mol. The molecule has 0 aliphatic carbocycles. The van der Waals surface area contributed by atoms with E-state index in [2.05, 4.69) is 55.4 Å². The first-order valence-corrected chi connectivity index (χ1v) is 28.8. The number of nitrogens with zero attached hydrogens (tertiary/aromatic N) is 2. The van der Waals surface area contributed by atoms with Gasteiger partial charge >= 0.3 is 65.1 Å². The first-order chi connectivity index (χ1) is 33.5. The molecule has 1 N–H and O–H groups in total. The van der Waals surface area contributed by atoms with E-state index in [1.807, 2.05) is 85.0 Å². The van der Waals surface area contributed by atoms with Gasteiger partial charge in [-0.3, -0.25) is 4.79 Å². The van der Waals surface area contributed by atoms with Gasteiger partial charge in [-0.15, -0.1) is 0 Å². The summed E-state index contributed by atoms with van der Waals surface area (Å²) in [6.07, 6.45) is 17.9. The Bertz CT molecular complexity index is 3110. The number of aliphatic carboxylic acids is 1. The first-order valence-electron chi connectivity index (χ1n) is 24.0. The number of hydrogen-bond donors (Lipinski definition) is 1. The molecule has 0 radical (unpaired) electrons. The van der Waals surface area contributed by atoms with Crippen molar-refractivity contribution < 1.29 is 122 Å². The SMILES string of the molecule is CC1(C)C(/C=C/C=C/C=C/C=C2/N(CCCCS(=O)(=O)[O-])c3ccc4ccc(OCCCCCC(=O)O)cc4c3C2(C)C)=[N+](CCCCS(=O)(=O)[O-])c2ccc3ccc(OCCCCS(=O)(=O)[O-])cc3c21.[Na+].[Na+]. The molecule has 0 saturated heterocycles. The zero-order valence-corrected chi connectivity index (χ0v) is 49.3. The van der Waals surface area contributed by atoms with E-state index in [-0.39, 0.29) is 91.4 Å². The summed E-state index contributed by atoms with van der Waals surface area (Å²) < 4.78 is 116. The second-order valence-corrected chi connectivity index (χ2v) is 23.7. The molecular weight excluding hydrogens is 1010 g/mol. The fourth-order valence-corrected chi connectivity index (χ4v) is 11.4. The quantitative estimate of drug-likeness (QED) is 0.0297. The summed E-state index contributed by atoms with van der Waals surface area (Å²) in [7, 11) is -13.0. The molecule has 0 atom stereocenters. The van der Waals surface area contributed by atoms with E-state index in [1.54, 1.807) is 0 Å². The second-order valence-electron chi connectivity index (χ2n) is 19.1. The standard InChI is InChI=1S/C53H66N2O13S3.2Na/c1-52(2)47(54(30-12-16-34-69(58,59)60)45-28-24-39-22-26-41(37-43(39)50(45)52)67-32-14-8-11-21-49(56)57)19-9-6-5-7-10-20-48-53(3,4)51-44-38-42(68-33-15-18-36-71(64,65)66)27-23-40(44)25-29-46(51)55(48)31-13-17-35-70(61,62)63;;/h5-7,9-10,19-20,22-29,37-38H,8,11-18,21,30-36H2,1-4H3,(H3-,56,57,58,59,60,61,62,63,64,65,66);;/q;2*+1/p-2. The van der Waals surface area contributed by atoms with Crippen LogP contribution < -0.4 is 73.5 Å². The van der Waals surface area contributed by atoms with Crippen LogP contribution in [0.3, 0.4) is 0 Å². The summed E-state index contributed by atoms with van der Waals surface area (Å²) in [6, 6.07) is 20.0. The zero-order chi connectivity index (χ0) is 51.6. The van der Waals surface area contributed by atoms with Gasteiger partial charge < -0.3 is 33.1 Å². The number of carboxylic acids is 1. The summed E-state index contributed by atoms with van der Waals surface area (Å²) in [5.74, 6) is -0.840. The van der Waals surface area contributed by atoms with Crippen LogP contribution in [0.15, 0.2) is 109 Å². The van der Waals surface area contributed by atoms with Crippen molar-refractivity contribution in [3.63, 3.8) is 0 Å². The maximum Gasteiger partial charge on any atom is 1.00 e. The molecule has 384 valence electrons. The normalized spacial score (nSPS) is 15.9. The van der Waals surface area contributed by atoms with Crippen LogP contribution in [0.25, 0.3) is 21.5 Å². The topological polar surface area (TPSA) is 234 Å². The maximum atomic E-state index is 11.5. The molecule has 4 aromatic rings. The molecular formula is C53H64N2Na2O13S3. The van der Waals surface area contributed by atoms with Crippen LogP contribution in [-0.4, -0.2) is 104 Å². The number of carboxylic acid groups (broad SMARTS) is 1. The Morgan fingerprint density at radius 3 is 1.71 bits per heavy atom. The van der Waals surface area contributed by atoms with E-state index >= 15 is 0 Å². The van der Waals surface area contributed by atoms with Gasteiger partial charge in [-0.05, 0) is 135 Å². The predicted molar refractivity (Wildman–Crippen MR) is 275 cm³/mol. The average Bonchev–Trinajstić information content (AvgIpc) is 3.64. The summed E-state index contributed by atoms with van der Waals surface area (Å²) in [6.45, 7) is 10.2. The number of unbranched alkanes of at least 4 members (excludes halogenated alkanes) is 5. The molecule has 0 unspecified atom stereocenters. The Labute approximate surface area is 475 Å². The molecule has 0 saturated carbocycles. The summed E-state index contributed by atoms with van der Waals surface area (Å²) in [4.78, 5) is 13.1. The molecule has 20 heteroatoms. The van der Waals surface area contributed by atoms with Crippen molar-refractivity contribution in [1.29, 1.82) is 0 Å². The van der Waals surface area contributed by atoms with E-state index in [0.29, 0.717) is 56.9 Å². The Hall–Kier alpha value is -3.37. The van der Waals surface area contributed by atoms with E-state index in [9.17, 15) is 43.7 Å². The van der Waals surface area contributed by atoms with Crippen LogP contribution in [0.2, 0.25) is 0 Å². The Balaban J connectivity index is 0.00000578. The van der Waals surface area contributed by atoms with Gasteiger partial charge in [0.1, 0.15) is 18.0 Å². The number of allylic oxidation sites excluding steroid dienone is 8. The molecule has 2 heterocycles. The van der Waals surface area contributed by atoms with Gasteiger partial charge in [0, 0.05) is 71.2 Å².